The van der Waals surface area contributed by atoms with Gasteiger partial charge < -0.3 is 25.2 Å². The molecule has 3 N–H and O–H groups in total. The number of amides is 2. The fourth-order valence-electron chi connectivity index (χ4n) is 4.33. The summed E-state index contributed by atoms with van der Waals surface area (Å²) >= 11 is 0. The van der Waals surface area contributed by atoms with Gasteiger partial charge >= 0.3 is 12.1 Å². The van der Waals surface area contributed by atoms with Crippen molar-refractivity contribution in [1.82, 2.24) is 10.6 Å². The maximum atomic E-state index is 12.4. The van der Waals surface area contributed by atoms with Crippen molar-refractivity contribution < 1.29 is 29.0 Å². The number of carboxylic acids is 1. The van der Waals surface area contributed by atoms with Crippen molar-refractivity contribution in [2.24, 2.45) is 0 Å². The van der Waals surface area contributed by atoms with E-state index in [1.165, 1.54) is 0 Å². The Balaban J connectivity index is 1.52. The molecule has 0 saturated carbocycles. The van der Waals surface area contributed by atoms with Crippen LogP contribution in [0.5, 0.6) is 0 Å². The summed E-state index contributed by atoms with van der Waals surface area (Å²) in [6.07, 6.45) is -1.36. The molecule has 0 radical (unpaired) electrons. The third kappa shape index (κ3) is 6.57. The van der Waals surface area contributed by atoms with E-state index in [0.29, 0.717) is 6.61 Å². The lowest BCUT2D eigenvalue weighted by Gasteiger charge is -2.26. The summed E-state index contributed by atoms with van der Waals surface area (Å²) in [6.45, 7) is 5.74. The predicted octanol–water partition coefficient (Wildman–Crippen LogP) is 3.69. The Morgan fingerprint density at radius 2 is 1.62 bits per heavy atom. The normalized spacial score (nSPS) is 13.5. The molecule has 2 amide bonds. The fraction of sp³-hybridized carbons (Fsp3) is 0.423. The molecule has 0 spiro atoms. The Kier molecular flexibility index (Phi) is 8.28. The lowest BCUT2D eigenvalue weighted by molar-refractivity contribution is -0.138. The SMILES string of the molecule is CCOC(CNC(=O)OCC1c2ccccc2-c2ccccc21)CC(=O)NC(C)(C)CC(=O)O. The standard InChI is InChI=1S/C26H32N2O6/c1-4-33-17(13-23(29)28-26(2,3)14-24(30)31)15-27-25(32)34-16-22-20-11-7-5-9-18(20)19-10-6-8-12-21(19)22/h5-12,17,22H,4,13-16H2,1-3H3,(H,27,32)(H,28,29)(H,30,31). The molecular weight excluding hydrogens is 436 g/mol. The zero-order valence-electron chi connectivity index (χ0n) is 19.8. The van der Waals surface area contributed by atoms with Gasteiger partial charge in [0, 0.05) is 24.6 Å². The van der Waals surface area contributed by atoms with Gasteiger partial charge in [0.2, 0.25) is 5.91 Å². The van der Waals surface area contributed by atoms with E-state index in [9.17, 15) is 14.4 Å². The van der Waals surface area contributed by atoms with E-state index < -0.39 is 23.7 Å². The number of nitrogens with one attached hydrogen (secondary N) is 2. The summed E-state index contributed by atoms with van der Waals surface area (Å²) in [5.41, 5.74) is 3.68. The second-order valence-corrected chi connectivity index (χ2v) is 8.99. The second-order valence-electron chi connectivity index (χ2n) is 8.99. The number of carbonyl (C=O) groups excluding carboxylic acids is 2. The first-order chi connectivity index (χ1) is 16.2. The number of carbonyl (C=O) groups is 3. The van der Waals surface area contributed by atoms with Gasteiger partial charge in [-0.05, 0) is 43.0 Å². The van der Waals surface area contributed by atoms with E-state index >= 15 is 0 Å². The topological polar surface area (TPSA) is 114 Å². The summed E-state index contributed by atoms with van der Waals surface area (Å²) in [6, 6.07) is 16.2. The third-order valence-electron chi connectivity index (χ3n) is 5.70. The summed E-state index contributed by atoms with van der Waals surface area (Å²) in [4.78, 5) is 35.7. The van der Waals surface area contributed by atoms with Gasteiger partial charge in [-0.2, -0.15) is 0 Å². The Morgan fingerprint density at radius 3 is 2.18 bits per heavy atom. The molecule has 1 atom stereocenters. The Hall–Kier alpha value is -3.39. The first-order valence-electron chi connectivity index (χ1n) is 11.4. The number of rotatable bonds is 11. The predicted molar refractivity (Wildman–Crippen MR) is 128 cm³/mol. The Bertz CT molecular complexity index is 990. The molecule has 182 valence electrons. The Labute approximate surface area is 199 Å². The number of ether oxygens (including phenoxy) is 2. The average Bonchev–Trinajstić information content (AvgIpc) is 3.08. The molecule has 0 aromatic heterocycles. The smallest absolute Gasteiger partial charge is 0.407 e. The molecule has 0 bridgehead atoms. The molecule has 8 heteroatoms. The van der Waals surface area contributed by atoms with Crippen LogP contribution in [0.2, 0.25) is 0 Å². The molecule has 0 aliphatic heterocycles. The van der Waals surface area contributed by atoms with Crippen LogP contribution >= 0.6 is 0 Å². The van der Waals surface area contributed by atoms with Crippen molar-refractivity contribution in [1.29, 1.82) is 0 Å². The molecule has 0 heterocycles. The van der Waals surface area contributed by atoms with Crippen molar-refractivity contribution in [3.8, 4) is 11.1 Å². The van der Waals surface area contributed by atoms with E-state index in [1.807, 2.05) is 24.3 Å². The maximum Gasteiger partial charge on any atom is 0.407 e. The number of hydrogen-bond acceptors (Lipinski definition) is 5. The molecular formula is C26H32N2O6. The summed E-state index contributed by atoms with van der Waals surface area (Å²) in [7, 11) is 0. The van der Waals surface area contributed by atoms with Crippen molar-refractivity contribution in [2.75, 3.05) is 19.8 Å². The van der Waals surface area contributed by atoms with Crippen LogP contribution in [0.4, 0.5) is 4.79 Å². The zero-order valence-corrected chi connectivity index (χ0v) is 19.8. The van der Waals surface area contributed by atoms with Crippen molar-refractivity contribution in [3.63, 3.8) is 0 Å². The van der Waals surface area contributed by atoms with E-state index in [1.54, 1.807) is 20.8 Å². The molecule has 0 fully saturated rings. The number of benzene rings is 2. The highest BCUT2D eigenvalue weighted by atomic mass is 16.5. The van der Waals surface area contributed by atoms with E-state index in [2.05, 4.69) is 34.9 Å². The van der Waals surface area contributed by atoms with Gasteiger partial charge in [0.25, 0.3) is 0 Å². The zero-order chi connectivity index (χ0) is 24.7. The van der Waals surface area contributed by atoms with Crippen LogP contribution in [-0.4, -0.2) is 54.5 Å². The van der Waals surface area contributed by atoms with Gasteiger partial charge in [-0.3, -0.25) is 9.59 Å². The number of fused-ring (bicyclic) bond motifs is 3. The summed E-state index contributed by atoms with van der Waals surface area (Å²) in [5, 5.41) is 14.4. The fourth-order valence-corrected chi connectivity index (χ4v) is 4.33. The largest absolute Gasteiger partial charge is 0.481 e. The number of carboxylic acid groups (broad SMARTS) is 1. The van der Waals surface area contributed by atoms with E-state index in [0.717, 1.165) is 22.3 Å². The first kappa shape index (κ1) is 25.2. The Morgan fingerprint density at radius 1 is 1.03 bits per heavy atom. The van der Waals surface area contributed by atoms with Gasteiger partial charge in [0.15, 0.2) is 0 Å². The summed E-state index contributed by atoms with van der Waals surface area (Å²) < 4.78 is 11.1. The van der Waals surface area contributed by atoms with Crippen molar-refractivity contribution in [2.45, 2.75) is 51.2 Å². The summed E-state index contributed by atoms with van der Waals surface area (Å²) in [5.74, 6) is -1.38. The van der Waals surface area contributed by atoms with Crippen LogP contribution in [0.25, 0.3) is 11.1 Å². The minimum Gasteiger partial charge on any atom is -0.481 e. The molecule has 2 aromatic carbocycles. The van der Waals surface area contributed by atoms with Gasteiger partial charge in [-0.1, -0.05) is 48.5 Å². The van der Waals surface area contributed by atoms with E-state index in [4.69, 9.17) is 14.6 Å². The quantitative estimate of drug-likeness (QED) is 0.464. The van der Waals surface area contributed by atoms with Crippen LogP contribution < -0.4 is 10.6 Å². The van der Waals surface area contributed by atoms with Crippen LogP contribution in [0.3, 0.4) is 0 Å². The minimum absolute atomic E-state index is 0.0133. The maximum absolute atomic E-state index is 12.4. The van der Waals surface area contributed by atoms with Crippen molar-refractivity contribution >= 4 is 18.0 Å². The number of aliphatic carboxylic acids is 1. The van der Waals surface area contributed by atoms with E-state index in [-0.39, 0.29) is 37.8 Å². The van der Waals surface area contributed by atoms with Crippen LogP contribution in [0, 0.1) is 0 Å². The molecule has 0 saturated heterocycles. The van der Waals surface area contributed by atoms with Crippen LogP contribution in [0.15, 0.2) is 48.5 Å². The van der Waals surface area contributed by atoms with Gasteiger partial charge in [0.05, 0.1) is 18.9 Å². The van der Waals surface area contributed by atoms with Gasteiger partial charge in [-0.25, -0.2) is 4.79 Å². The van der Waals surface area contributed by atoms with Crippen LogP contribution in [-0.2, 0) is 19.1 Å². The highest BCUT2D eigenvalue weighted by molar-refractivity contribution is 5.80. The van der Waals surface area contributed by atoms with Gasteiger partial charge in [-0.15, -0.1) is 0 Å². The average molecular weight is 469 g/mol. The number of alkyl carbamates (subject to hydrolysis) is 1. The molecule has 8 nitrogen and oxygen atoms in total. The van der Waals surface area contributed by atoms with Crippen LogP contribution in [0.1, 0.15) is 50.7 Å². The monoisotopic (exact) mass is 468 g/mol. The first-order valence-corrected chi connectivity index (χ1v) is 11.4. The molecule has 3 rings (SSSR count). The molecule has 1 aliphatic carbocycles. The third-order valence-corrected chi connectivity index (χ3v) is 5.70. The molecule has 1 unspecified atom stereocenters. The minimum atomic E-state index is -0.997. The number of hydrogen-bond donors (Lipinski definition) is 3. The molecule has 1 aliphatic rings. The highest BCUT2D eigenvalue weighted by Gasteiger charge is 2.29. The van der Waals surface area contributed by atoms with Crippen molar-refractivity contribution in [3.05, 3.63) is 59.7 Å². The molecule has 34 heavy (non-hydrogen) atoms. The van der Waals surface area contributed by atoms with Gasteiger partial charge in [0.1, 0.15) is 6.61 Å². The molecule has 2 aromatic rings. The lowest BCUT2D eigenvalue weighted by Crippen LogP contribution is -2.47. The second kappa shape index (κ2) is 11.2. The lowest BCUT2D eigenvalue weighted by atomic mass is 9.98. The highest BCUT2D eigenvalue weighted by Crippen LogP contribution is 2.44.